The van der Waals surface area contributed by atoms with Gasteiger partial charge in [0.2, 0.25) is 5.91 Å². The normalized spacial score (nSPS) is 10.5. The molecule has 7 nitrogen and oxygen atoms in total. The number of amides is 3. The average Bonchev–Trinajstić information content (AvgIpc) is 3.12. The smallest absolute Gasteiger partial charge is 0.322 e. The highest BCUT2D eigenvalue weighted by molar-refractivity contribution is 5.92. The number of urea groups is 1. The lowest BCUT2D eigenvalue weighted by atomic mass is 10.1. The molecule has 0 bridgehead atoms. The van der Waals surface area contributed by atoms with Crippen LogP contribution in [0.2, 0.25) is 0 Å². The summed E-state index contributed by atoms with van der Waals surface area (Å²) in [7, 11) is 3.54. The van der Waals surface area contributed by atoms with Crippen molar-refractivity contribution in [2.75, 3.05) is 38.7 Å². The zero-order chi connectivity index (χ0) is 22.1. The summed E-state index contributed by atoms with van der Waals surface area (Å²) in [4.78, 5) is 29.0. The number of benzene rings is 1. The highest BCUT2D eigenvalue weighted by Crippen LogP contribution is 2.15. The number of nitrogens with zero attached hydrogens (tertiary/aromatic N) is 3. The van der Waals surface area contributed by atoms with Gasteiger partial charge in [0, 0.05) is 44.8 Å². The van der Waals surface area contributed by atoms with E-state index in [1.165, 1.54) is 4.90 Å². The molecule has 0 saturated heterocycles. The highest BCUT2D eigenvalue weighted by Gasteiger charge is 2.21. The Bertz CT molecular complexity index is 875. The third-order valence-electron chi connectivity index (χ3n) is 5.04. The predicted octanol–water partition coefficient (Wildman–Crippen LogP) is 3.34. The van der Waals surface area contributed by atoms with Crippen molar-refractivity contribution in [3.05, 3.63) is 66.0 Å². The van der Waals surface area contributed by atoms with Crippen LogP contribution in [0.1, 0.15) is 16.8 Å². The van der Waals surface area contributed by atoms with Crippen LogP contribution in [0.3, 0.4) is 0 Å². The van der Waals surface area contributed by atoms with Gasteiger partial charge in [-0.3, -0.25) is 4.79 Å². The molecule has 0 radical (unpaired) electrons. The summed E-state index contributed by atoms with van der Waals surface area (Å²) < 4.78 is 7.14. The minimum Gasteiger partial charge on any atom is -0.383 e. The van der Waals surface area contributed by atoms with Gasteiger partial charge < -0.3 is 24.4 Å². The van der Waals surface area contributed by atoms with E-state index >= 15 is 0 Å². The summed E-state index contributed by atoms with van der Waals surface area (Å²) in [5, 5.41) is 2.88. The maximum absolute atomic E-state index is 13.0. The summed E-state index contributed by atoms with van der Waals surface area (Å²) in [6.07, 6.45) is 3.55. The molecule has 0 aliphatic heterocycles. The van der Waals surface area contributed by atoms with E-state index in [0.717, 1.165) is 16.8 Å². The SMILES string of the molecule is C=CCN(CC(=O)N(CCOC)Cc1cccn1C)C(=O)Nc1ccc(C)c(C)c1. The zero-order valence-corrected chi connectivity index (χ0v) is 18.4. The second-order valence-corrected chi connectivity index (χ2v) is 7.32. The van der Waals surface area contributed by atoms with Crippen LogP contribution in [0.4, 0.5) is 10.5 Å². The number of carbonyl (C=O) groups excluding carboxylic acids is 2. The van der Waals surface area contributed by atoms with Crippen molar-refractivity contribution in [2.24, 2.45) is 7.05 Å². The van der Waals surface area contributed by atoms with Gasteiger partial charge in [-0.1, -0.05) is 12.1 Å². The number of ether oxygens (including phenoxy) is 1. The lowest BCUT2D eigenvalue weighted by Crippen LogP contribution is -2.45. The number of carbonyl (C=O) groups is 2. The summed E-state index contributed by atoms with van der Waals surface area (Å²) in [6, 6.07) is 9.31. The van der Waals surface area contributed by atoms with Crippen LogP contribution >= 0.6 is 0 Å². The van der Waals surface area contributed by atoms with Crippen LogP contribution in [-0.2, 0) is 23.1 Å². The van der Waals surface area contributed by atoms with E-state index in [0.29, 0.717) is 25.4 Å². The summed E-state index contributed by atoms with van der Waals surface area (Å²) in [5.41, 5.74) is 3.95. The van der Waals surface area contributed by atoms with Crippen molar-refractivity contribution in [1.82, 2.24) is 14.4 Å². The van der Waals surface area contributed by atoms with Crippen LogP contribution in [-0.4, -0.2) is 59.7 Å². The average molecular weight is 413 g/mol. The van der Waals surface area contributed by atoms with Gasteiger partial charge in [0.1, 0.15) is 6.54 Å². The summed E-state index contributed by atoms with van der Waals surface area (Å²) in [6.45, 7) is 9.28. The molecule has 0 fully saturated rings. The Balaban J connectivity index is 2.09. The number of nitrogens with one attached hydrogen (secondary N) is 1. The topological polar surface area (TPSA) is 66.8 Å². The largest absolute Gasteiger partial charge is 0.383 e. The fraction of sp³-hybridized carbons (Fsp3) is 0.391. The van der Waals surface area contributed by atoms with E-state index in [1.54, 1.807) is 18.1 Å². The lowest BCUT2D eigenvalue weighted by Gasteiger charge is -2.27. The van der Waals surface area contributed by atoms with Crippen molar-refractivity contribution >= 4 is 17.6 Å². The second kappa shape index (κ2) is 11.2. The molecule has 0 unspecified atom stereocenters. The fourth-order valence-electron chi connectivity index (χ4n) is 3.01. The van der Waals surface area contributed by atoms with E-state index in [4.69, 9.17) is 4.74 Å². The molecule has 0 aliphatic rings. The van der Waals surface area contributed by atoms with E-state index < -0.39 is 0 Å². The van der Waals surface area contributed by atoms with Crippen molar-refractivity contribution in [3.63, 3.8) is 0 Å². The van der Waals surface area contributed by atoms with Gasteiger partial charge in [-0.15, -0.1) is 6.58 Å². The van der Waals surface area contributed by atoms with Gasteiger partial charge in [0.05, 0.1) is 13.2 Å². The molecule has 162 valence electrons. The first-order chi connectivity index (χ1) is 14.3. The number of hydrogen-bond acceptors (Lipinski definition) is 3. The molecule has 1 aromatic heterocycles. The highest BCUT2D eigenvalue weighted by atomic mass is 16.5. The molecule has 2 rings (SSSR count). The van der Waals surface area contributed by atoms with E-state index in [-0.39, 0.29) is 25.0 Å². The third kappa shape index (κ3) is 6.49. The molecule has 0 aliphatic carbocycles. The molecule has 0 saturated carbocycles. The maximum atomic E-state index is 13.0. The monoisotopic (exact) mass is 412 g/mol. The number of anilines is 1. The number of aryl methyl sites for hydroxylation is 3. The lowest BCUT2D eigenvalue weighted by molar-refractivity contribution is -0.133. The molecule has 0 spiro atoms. The van der Waals surface area contributed by atoms with E-state index in [9.17, 15) is 9.59 Å². The molecular weight excluding hydrogens is 380 g/mol. The first-order valence-electron chi connectivity index (χ1n) is 9.96. The molecule has 0 atom stereocenters. The van der Waals surface area contributed by atoms with E-state index in [1.807, 2.05) is 62.0 Å². The summed E-state index contributed by atoms with van der Waals surface area (Å²) >= 11 is 0. The molecular formula is C23H32N4O3. The van der Waals surface area contributed by atoms with Crippen LogP contribution in [0.15, 0.2) is 49.2 Å². The second-order valence-electron chi connectivity index (χ2n) is 7.32. The van der Waals surface area contributed by atoms with Gasteiger partial charge in [-0.25, -0.2) is 4.79 Å². The summed E-state index contributed by atoms with van der Waals surface area (Å²) in [5.74, 6) is -0.148. The Morgan fingerprint density at radius 2 is 1.97 bits per heavy atom. The predicted molar refractivity (Wildman–Crippen MR) is 119 cm³/mol. The molecule has 30 heavy (non-hydrogen) atoms. The zero-order valence-electron chi connectivity index (χ0n) is 18.4. The number of rotatable bonds is 10. The number of aromatic nitrogens is 1. The molecule has 2 aromatic rings. The van der Waals surface area contributed by atoms with E-state index in [2.05, 4.69) is 11.9 Å². The Hall–Kier alpha value is -3.06. The molecule has 3 amide bonds. The number of hydrogen-bond donors (Lipinski definition) is 1. The minimum absolute atomic E-state index is 0.0448. The van der Waals surface area contributed by atoms with Gasteiger partial charge in [0.15, 0.2) is 0 Å². The first kappa shape index (κ1) is 23.2. The number of methoxy groups -OCH3 is 1. The third-order valence-corrected chi connectivity index (χ3v) is 5.04. The van der Waals surface area contributed by atoms with Crippen LogP contribution < -0.4 is 5.32 Å². The standard InChI is InChI=1S/C23H32N4O3/c1-6-11-27(23(29)24-20-10-9-18(2)19(3)15-20)17-22(28)26(13-14-30-5)16-21-8-7-12-25(21)4/h6-10,12,15H,1,11,13-14,16-17H2,2-5H3,(H,24,29). The quantitative estimate of drug-likeness (QED) is 0.609. The van der Waals surface area contributed by atoms with Crippen molar-refractivity contribution in [1.29, 1.82) is 0 Å². The molecule has 1 aromatic carbocycles. The van der Waals surface area contributed by atoms with Crippen molar-refractivity contribution in [2.45, 2.75) is 20.4 Å². The van der Waals surface area contributed by atoms with Crippen molar-refractivity contribution in [3.8, 4) is 0 Å². The van der Waals surface area contributed by atoms with Gasteiger partial charge in [-0.2, -0.15) is 0 Å². The Kier molecular flexibility index (Phi) is 8.68. The maximum Gasteiger partial charge on any atom is 0.322 e. The Morgan fingerprint density at radius 3 is 2.57 bits per heavy atom. The van der Waals surface area contributed by atoms with Crippen LogP contribution in [0.5, 0.6) is 0 Å². The molecule has 7 heteroatoms. The molecule has 1 N–H and O–H groups in total. The minimum atomic E-state index is -0.336. The van der Waals surface area contributed by atoms with Gasteiger partial charge >= 0.3 is 6.03 Å². The Morgan fingerprint density at radius 1 is 1.20 bits per heavy atom. The van der Waals surface area contributed by atoms with Crippen molar-refractivity contribution < 1.29 is 14.3 Å². The van der Waals surface area contributed by atoms with Crippen LogP contribution in [0.25, 0.3) is 0 Å². The van der Waals surface area contributed by atoms with Gasteiger partial charge in [-0.05, 0) is 49.2 Å². The first-order valence-corrected chi connectivity index (χ1v) is 9.96. The van der Waals surface area contributed by atoms with Gasteiger partial charge in [0.25, 0.3) is 0 Å². The fourth-order valence-corrected chi connectivity index (χ4v) is 3.01. The van der Waals surface area contributed by atoms with Crippen LogP contribution in [0, 0.1) is 13.8 Å². The molecule has 1 heterocycles. The Labute approximate surface area is 178 Å².